The van der Waals surface area contributed by atoms with E-state index in [2.05, 4.69) is 14.3 Å². The number of hydrogen-bond donors (Lipinski definition) is 1. The van der Waals surface area contributed by atoms with Crippen LogP contribution >= 0.6 is 11.5 Å². The topological polar surface area (TPSA) is 75.4 Å². The molecule has 1 aliphatic carbocycles. The second kappa shape index (κ2) is 6.27. The number of anilines is 1. The van der Waals surface area contributed by atoms with Gasteiger partial charge < -0.3 is 15.5 Å². The SMILES string of the molecule is Cc1nsc(N2CCN(C(=O)C3CCCC(N)C3)CC2)n1. The van der Waals surface area contributed by atoms with E-state index in [0.717, 1.165) is 62.8 Å². The largest absolute Gasteiger partial charge is 0.343 e. The van der Waals surface area contributed by atoms with Gasteiger partial charge >= 0.3 is 0 Å². The summed E-state index contributed by atoms with van der Waals surface area (Å²) >= 11 is 1.44. The van der Waals surface area contributed by atoms with Crippen molar-refractivity contribution in [1.29, 1.82) is 0 Å². The van der Waals surface area contributed by atoms with E-state index in [1.54, 1.807) is 0 Å². The first-order chi connectivity index (χ1) is 10.1. The van der Waals surface area contributed by atoms with Crippen LogP contribution in [-0.4, -0.2) is 52.4 Å². The first-order valence-corrected chi connectivity index (χ1v) is 8.50. The summed E-state index contributed by atoms with van der Waals surface area (Å²) in [7, 11) is 0. The normalized spacial score (nSPS) is 27.0. The highest BCUT2D eigenvalue weighted by atomic mass is 32.1. The van der Waals surface area contributed by atoms with Crippen molar-refractivity contribution >= 4 is 22.6 Å². The van der Waals surface area contributed by atoms with E-state index in [-0.39, 0.29) is 12.0 Å². The minimum Gasteiger partial charge on any atom is -0.343 e. The van der Waals surface area contributed by atoms with Gasteiger partial charge in [-0.05, 0) is 26.2 Å². The Morgan fingerprint density at radius 2 is 2.05 bits per heavy atom. The van der Waals surface area contributed by atoms with Gasteiger partial charge in [-0.3, -0.25) is 4.79 Å². The van der Waals surface area contributed by atoms with Crippen LogP contribution in [0.15, 0.2) is 0 Å². The van der Waals surface area contributed by atoms with Gasteiger partial charge in [0.2, 0.25) is 11.0 Å². The predicted octanol–water partition coefficient (Wildman–Crippen LogP) is 1.01. The van der Waals surface area contributed by atoms with Crippen molar-refractivity contribution in [3.63, 3.8) is 0 Å². The van der Waals surface area contributed by atoms with E-state index in [1.807, 2.05) is 11.8 Å². The maximum Gasteiger partial charge on any atom is 0.225 e. The standard InChI is InChI=1S/C14H23N5OS/c1-10-16-14(21-17-10)19-7-5-18(6-8-19)13(20)11-3-2-4-12(15)9-11/h11-12H,2-9,15H2,1H3. The van der Waals surface area contributed by atoms with Gasteiger partial charge in [-0.25, -0.2) is 4.98 Å². The molecule has 1 aromatic heterocycles. The lowest BCUT2D eigenvalue weighted by Crippen LogP contribution is -2.51. The van der Waals surface area contributed by atoms with Gasteiger partial charge in [0, 0.05) is 49.7 Å². The predicted molar refractivity (Wildman–Crippen MR) is 83.4 cm³/mol. The molecule has 1 saturated heterocycles. The number of carbonyl (C=O) groups excluding carboxylic acids is 1. The summed E-state index contributed by atoms with van der Waals surface area (Å²) in [5, 5.41) is 0.972. The molecule has 3 rings (SSSR count). The maximum absolute atomic E-state index is 12.6. The van der Waals surface area contributed by atoms with E-state index in [4.69, 9.17) is 5.73 Å². The van der Waals surface area contributed by atoms with Crippen molar-refractivity contribution < 1.29 is 4.79 Å². The summed E-state index contributed by atoms with van der Waals surface area (Å²) in [5.41, 5.74) is 6.00. The molecule has 2 fully saturated rings. The second-order valence-corrected chi connectivity index (χ2v) is 6.79. The molecular weight excluding hydrogens is 286 g/mol. The third-order valence-corrected chi connectivity index (χ3v) is 5.31. The van der Waals surface area contributed by atoms with Crippen LogP contribution in [0.4, 0.5) is 5.13 Å². The second-order valence-electron chi connectivity index (χ2n) is 6.06. The molecule has 1 saturated carbocycles. The van der Waals surface area contributed by atoms with Gasteiger partial charge in [0.05, 0.1) is 0 Å². The summed E-state index contributed by atoms with van der Waals surface area (Å²) in [6.07, 6.45) is 4.01. The lowest BCUT2D eigenvalue weighted by atomic mass is 9.85. The van der Waals surface area contributed by atoms with Gasteiger partial charge in [0.25, 0.3) is 0 Å². The highest BCUT2D eigenvalue weighted by Crippen LogP contribution is 2.26. The minimum absolute atomic E-state index is 0.143. The highest BCUT2D eigenvalue weighted by molar-refractivity contribution is 7.09. The molecular formula is C14H23N5OS. The van der Waals surface area contributed by atoms with E-state index in [0.29, 0.717) is 5.91 Å². The summed E-state index contributed by atoms with van der Waals surface area (Å²) < 4.78 is 4.22. The lowest BCUT2D eigenvalue weighted by Gasteiger charge is -2.37. The molecule has 2 heterocycles. The third kappa shape index (κ3) is 3.35. The number of aryl methyl sites for hydroxylation is 1. The Balaban J connectivity index is 1.54. The van der Waals surface area contributed by atoms with Gasteiger partial charge in [-0.15, -0.1) is 0 Å². The number of amides is 1. The molecule has 2 atom stereocenters. The Hall–Kier alpha value is -1.21. The number of carbonyl (C=O) groups is 1. The number of aromatic nitrogens is 2. The molecule has 0 radical (unpaired) electrons. The number of nitrogens with zero attached hydrogens (tertiary/aromatic N) is 4. The van der Waals surface area contributed by atoms with Crippen molar-refractivity contribution in [3.8, 4) is 0 Å². The molecule has 0 spiro atoms. The Labute approximate surface area is 129 Å². The fraction of sp³-hybridized carbons (Fsp3) is 0.786. The van der Waals surface area contributed by atoms with Crippen LogP contribution in [0.25, 0.3) is 0 Å². The maximum atomic E-state index is 12.6. The molecule has 0 aromatic carbocycles. The van der Waals surface area contributed by atoms with E-state index in [1.165, 1.54) is 11.5 Å². The molecule has 7 heteroatoms. The molecule has 2 unspecified atom stereocenters. The van der Waals surface area contributed by atoms with Crippen LogP contribution in [-0.2, 0) is 4.79 Å². The van der Waals surface area contributed by atoms with Gasteiger partial charge in [-0.1, -0.05) is 6.42 Å². The van der Waals surface area contributed by atoms with Crippen molar-refractivity contribution in [3.05, 3.63) is 5.82 Å². The number of hydrogen-bond acceptors (Lipinski definition) is 6. The zero-order chi connectivity index (χ0) is 14.8. The Kier molecular flexibility index (Phi) is 4.40. The minimum atomic E-state index is 0.143. The summed E-state index contributed by atoms with van der Waals surface area (Å²) in [6, 6.07) is 0.207. The van der Waals surface area contributed by atoms with E-state index < -0.39 is 0 Å². The number of piperazine rings is 1. The van der Waals surface area contributed by atoms with Crippen LogP contribution < -0.4 is 10.6 Å². The smallest absolute Gasteiger partial charge is 0.225 e. The Bertz CT molecular complexity index is 497. The molecule has 1 amide bonds. The molecule has 0 bridgehead atoms. The molecule has 6 nitrogen and oxygen atoms in total. The van der Waals surface area contributed by atoms with Crippen LogP contribution in [0, 0.1) is 12.8 Å². The van der Waals surface area contributed by atoms with Crippen LogP contribution in [0.3, 0.4) is 0 Å². The first kappa shape index (κ1) is 14.7. The zero-order valence-electron chi connectivity index (χ0n) is 12.5. The van der Waals surface area contributed by atoms with E-state index >= 15 is 0 Å². The molecule has 1 aliphatic heterocycles. The van der Waals surface area contributed by atoms with Crippen LogP contribution in [0.2, 0.25) is 0 Å². The summed E-state index contributed by atoms with van der Waals surface area (Å²) in [5.74, 6) is 1.27. The molecule has 1 aromatic rings. The Morgan fingerprint density at radius 1 is 1.29 bits per heavy atom. The number of nitrogens with two attached hydrogens (primary N) is 1. The molecule has 2 N–H and O–H groups in total. The quantitative estimate of drug-likeness (QED) is 0.882. The zero-order valence-corrected chi connectivity index (χ0v) is 13.3. The number of rotatable bonds is 2. The molecule has 21 heavy (non-hydrogen) atoms. The van der Waals surface area contributed by atoms with Crippen LogP contribution in [0.1, 0.15) is 31.5 Å². The van der Waals surface area contributed by atoms with Crippen molar-refractivity contribution in [2.45, 2.75) is 38.6 Å². The fourth-order valence-corrected chi connectivity index (χ4v) is 3.97. The van der Waals surface area contributed by atoms with Crippen molar-refractivity contribution in [2.24, 2.45) is 11.7 Å². The van der Waals surface area contributed by atoms with Crippen molar-refractivity contribution in [1.82, 2.24) is 14.3 Å². The average Bonchev–Trinajstić information content (AvgIpc) is 2.93. The Morgan fingerprint density at radius 3 is 2.67 bits per heavy atom. The van der Waals surface area contributed by atoms with Crippen molar-refractivity contribution in [2.75, 3.05) is 31.1 Å². The van der Waals surface area contributed by atoms with Gasteiger partial charge in [-0.2, -0.15) is 4.37 Å². The monoisotopic (exact) mass is 309 g/mol. The molecule has 2 aliphatic rings. The summed E-state index contributed by atoms with van der Waals surface area (Å²) in [6.45, 7) is 5.16. The third-order valence-electron chi connectivity index (χ3n) is 4.44. The fourth-order valence-electron chi connectivity index (χ4n) is 3.24. The van der Waals surface area contributed by atoms with Gasteiger partial charge in [0.15, 0.2) is 0 Å². The lowest BCUT2D eigenvalue weighted by molar-refractivity contribution is -0.137. The highest BCUT2D eigenvalue weighted by Gasteiger charge is 2.31. The van der Waals surface area contributed by atoms with Crippen LogP contribution in [0.5, 0.6) is 0 Å². The average molecular weight is 309 g/mol. The first-order valence-electron chi connectivity index (χ1n) is 7.73. The van der Waals surface area contributed by atoms with Gasteiger partial charge in [0.1, 0.15) is 5.82 Å². The van der Waals surface area contributed by atoms with E-state index in [9.17, 15) is 4.79 Å². The molecule has 116 valence electrons. The summed E-state index contributed by atoms with van der Waals surface area (Å²) in [4.78, 5) is 21.2.